The second kappa shape index (κ2) is 6.45. The average Bonchev–Trinajstić information content (AvgIpc) is 3.04. The highest BCUT2D eigenvalue weighted by molar-refractivity contribution is 5.80. The lowest BCUT2D eigenvalue weighted by Gasteiger charge is -2.26. The van der Waals surface area contributed by atoms with Crippen LogP contribution in [0.1, 0.15) is 54.6 Å². The summed E-state index contributed by atoms with van der Waals surface area (Å²) in [6, 6.07) is -0.235. The fraction of sp³-hybridized carbons (Fsp3) is 0.500. The number of alkyl halides is 3. The summed E-state index contributed by atoms with van der Waals surface area (Å²) < 4.78 is 39.0. The lowest BCUT2D eigenvalue weighted by Crippen LogP contribution is -2.36. The van der Waals surface area contributed by atoms with Crippen LogP contribution in [0.5, 0.6) is 0 Å². The van der Waals surface area contributed by atoms with Crippen LogP contribution in [0.15, 0.2) is 18.5 Å². The van der Waals surface area contributed by atoms with Crippen molar-refractivity contribution in [2.75, 3.05) is 0 Å². The molecule has 1 aliphatic carbocycles. The zero-order valence-corrected chi connectivity index (χ0v) is 13.8. The lowest BCUT2D eigenvalue weighted by molar-refractivity contribution is -0.142. The molecule has 1 amide bonds. The summed E-state index contributed by atoms with van der Waals surface area (Å²) in [6.45, 7) is 3.32. The van der Waals surface area contributed by atoms with Gasteiger partial charge in [-0.2, -0.15) is 18.3 Å². The highest BCUT2D eigenvalue weighted by Gasteiger charge is 2.34. The first-order valence-electron chi connectivity index (χ1n) is 8.01. The van der Waals surface area contributed by atoms with Crippen molar-refractivity contribution in [2.45, 2.75) is 51.4 Å². The molecule has 2 heterocycles. The molecule has 134 valence electrons. The third-order valence-electron chi connectivity index (χ3n) is 4.29. The molecule has 1 N–H and O–H groups in total. The summed E-state index contributed by atoms with van der Waals surface area (Å²) in [5.74, 6) is 0.283. The number of aromatic nitrogens is 4. The molecule has 25 heavy (non-hydrogen) atoms. The molecule has 6 nitrogen and oxygen atoms in total. The van der Waals surface area contributed by atoms with Crippen molar-refractivity contribution in [3.8, 4) is 0 Å². The molecule has 2 aromatic heterocycles. The molecule has 0 unspecified atom stereocenters. The van der Waals surface area contributed by atoms with Gasteiger partial charge < -0.3 is 5.32 Å². The molecule has 2 aromatic rings. The second-order valence-electron chi connectivity index (χ2n) is 6.13. The Bertz CT molecular complexity index is 786. The molecule has 0 saturated heterocycles. The first-order chi connectivity index (χ1) is 11.8. The maximum atomic E-state index is 12.6. The molecule has 2 atom stereocenters. The van der Waals surface area contributed by atoms with Crippen LogP contribution in [-0.4, -0.2) is 25.7 Å². The monoisotopic (exact) mass is 353 g/mol. The highest BCUT2D eigenvalue weighted by atomic mass is 19.4. The Morgan fingerprint density at radius 3 is 2.88 bits per heavy atom. The summed E-state index contributed by atoms with van der Waals surface area (Å²) in [4.78, 5) is 21.0. The van der Waals surface area contributed by atoms with Crippen LogP contribution in [0, 0.1) is 6.92 Å². The summed E-state index contributed by atoms with van der Waals surface area (Å²) in [5.41, 5.74) is 0.767. The van der Waals surface area contributed by atoms with Gasteiger partial charge in [-0.05, 0) is 39.2 Å². The van der Waals surface area contributed by atoms with Gasteiger partial charge in [-0.3, -0.25) is 9.48 Å². The molecule has 0 bridgehead atoms. The van der Waals surface area contributed by atoms with Gasteiger partial charge in [0.25, 0.3) is 0 Å². The number of aryl methyl sites for hydroxylation is 2. The Labute approximate surface area is 142 Å². The minimum Gasteiger partial charge on any atom is -0.347 e. The smallest absolute Gasteiger partial charge is 0.347 e. The fourth-order valence-electron chi connectivity index (χ4n) is 2.91. The first-order valence-corrected chi connectivity index (χ1v) is 8.01. The van der Waals surface area contributed by atoms with Gasteiger partial charge in [0.05, 0.1) is 6.04 Å². The Hall–Kier alpha value is -2.45. The van der Waals surface area contributed by atoms with Crippen LogP contribution >= 0.6 is 0 Å². The molecule has 1 aliphatic rings. The van der Waals surface area contributed by atoms with E-state index in [2.05, 4.69) is 20.4 Å². The number of nitrogens with one attached hydrogen (secondary N) is 1. The van der Waals surface area contributed by atoms with Crippen LogP contribution < -0.4 is 5.32 Å². The number of carbonyl (C=O) groups is 1. The van der Waals surface area contributed by atoms with E-state index < -0.39 is 23.8 Å². The topological polar surface area (TPSA) is 72.7 Å². The molecule has 9 heteroatoms. The first kappa shape index (κ1) is 17.4. The maximum Gasteiger partial charge on any atom is 0.435 e. The number of fused-ring (bicyclic) bond motifs is 1. The van der Waals surface area contributed by atoms with E-state index in [1.54, 1.807) is 13.1 Å². The molecule has 0 radical (unpaired) electrons. The summed E-state index contributed by atoms with van der Waals surface area (Å²) in [5, 5.41) is 6.34. The molecule has 3 rings (SSSR count). The van der Waals surface area contributed by atoms with Crippen LogP contribution in [0.25, 0.3) is 0 Å². The standard InChI is InChI=1S/C16H18F3N5O/c1-9(24-7-6-14(23-24)16(17,18)19)15(25)22-13-5-3-4-12-11(13)8-20-10(2)21-12/h6-9,13H,3-5H2,1-2H3,(H,22,25)/t9-,13-/m0/s1. The molecule has 0 fully saturated rings. The number of hydrogen-bond acceptors (Lipinski definition) is 4. The van der Waals surface area contributed by atoms with Gasteiger partial charge in [-0.15, -0.1) is 0 Å². The molecule has 0 aromatic carbocycles. The Balaban J connectivity index is 1.74. The van der Waals surface area contributed by atoms with E-state index in [0.29, 0.717) is 5.82 Å². The number of halogens is 3. The van der Waals surface area contributed by atoms with E-state index in [4.69, 9.17) is 0 Å². The van der Waals surface area contributed by atoms with Gasteiger partial charge in [0.2, 0.25) is 5.91 Å². The van der Waals surface area contributed by atoms with Crippen molar-refractivity contribution in [3.05, 3.63) is 41.2 Å². The number of amides is 1. The highest BCUT2D eigenvalue weighted by Crippen LogP contribution is 2.29. The molecule has 0 spiro atoms. The van der Waals surface area contributed by atoms with Gasteiger partial charge in [0.15, 0.2) is 5.69 Å². The summed E-state index contributed by atoms with van der Waals surface area (Å²) in [6.07, 6.45) is 0.789. The lowest BCUT2D eigenvalue weighted by atomic mass is 9.92. The predicted molar refractivity (Wildman–Crippen MR) is 82.5 cm³/mol. The SMILES string of the molecule is Cc1ncc2c(n1)CCC[C@@H]2NC(=O)[C@H](C)n1ccc(C(F)(F)F)n1. The van der Waals surface area contributed by atoms with Crippen LogP contribution in [0.2, 0.25) is 0 Å². The van der Waals surface area contributed by atoms with Crippen molar-refractivity contribution in [1.82, 2.24) is 25.1 Å². The van der Waals surface area contributed by atoms with E-state index >= 15 is 0 Å². The number of carbonyl (C=O) groups excluding carboxylic acids is 1. The van der Waals surface area contributed by atoms with E-state index in [1.165, 1.54) is 6.92 Å². The Morgan fingerprint density at radius 1 is 1.44 bits per heavy atom. The van der Waals surface area contributed by atoms with Gasteiger partial charge in [-0.1, -0.05) is 0 Å². The Morgan fingerprint density at radius 2 is 2.20 bits per heavy atom. The summed E-state index contributed by atoms with van der Waals surface area (Å²) in [7, 11) is 0. The molecular formula is C16H18F3N5O. The molecule has 0 saturated carbocycles. The quantitative estimate of drug-likeness (QED) is 0.921. The van der Waals surface area contributed by atoms with Crippen LogP contribution in [-0.2, 0) is 17.4 Å². The van der Waals surface area contributed by atoms with Crippen molar-refractivity contribution in [3.63, 3.8) is 0 Å². The van der Waals surface area contributed by atoms with Crippen LogP contribution in [0.3, 0.4) is 0 Å². The third-order valence-corrected chi connectivity index (χ3v) is 4.29. The zero-order chi connectivity index (χ0) is 18.2. The van der Waals surface area contributed by atoms with E-state index in [1.807, 2.05) is 0 Å². The second-order valence-corrected chi connectivity index (χ2v) is 6.13. The molecular weight excluding hydrogens is 335 g/mol. The summed E-state index contributed by atoms with van der Waals surface area (Å²) >= 11 is 0. The Kier molecular flexibility index (Phi) is 4.49. The minimum atomic E-state index is -4.53. The van der Waals surface area contributed by atoms with Crippen molar-refractivity contribution >= 4 is 5.91 Å². The normalized spacial score (nSPS) is 18.5. The number of nitrogens with zero attached hydrogens (tertiary/aromatic N) is 4. The average molecular weight is 353 g/mol. The zero-order valence-electron chi connectivity index (χ0n) is 13.8. The molecule has 0 aliphatic heterocycles. The van der Waals surface area contributed by atoms with Crippen molar-refractivity contribution in [2.24, 2.45) is 0 Å². The third kappa shape index (κ3) is 3.64. The van der Waals surface area contributed by atoms with Crippen LogP contribution in [0.4, 0.5) is 13.2 Å². The maximum absolute atomic E-state index is 12.6. The minimum absolute atomic E-state index is 0.239. The van der Waals surface area contributed by atoms with Gasteiger partial charge in [0, 0.05) is 23.7 Å². The van der Waals surface area contributed by atoms with E-state index in [-0.39, 0.29) is 6.04 Å². The largest absolute Gasteiger partial charge is 0.435 e. The number of rotatable bonds is 3. The van der Waals surface area contributed by atoms with E-state index in [0.717, 1.165) is 47.5 Å². The van der Waals surface area contributed by atoms with Crippen molar-refractivity contribution in [1.29, 1.82) is 0 Å². The van der Waals surface area contributed by atoms with Gasteiger partial charge in [-0.25, -0.2) is 9.97 Å². The van der Waals surface area contributed by atoms with Crippen molar-refractivity contribution < 1.29 is 18.0 Å². The predicted octanol–water partition coefficient (Wildman–Crippen LogP) is 2.76. The van der Waals surface area contributed by atoms with E-state index in [9.17, 15) is 18.0 Å². The van der Waals surface area contributed by atoms with Gasteiger partial charge in [0.1, 0.15) is 11.9 Å². The fourth-order valence-corrected chi connectivity index (χ4v) is 2.91. The number of hydrogen-bond donors (Lipinski definition) is 1. The van der Waals surface area contributed by atoms with Gasteiger partial charge >= 0.3 is 6.18 Å².